The number of nitro groups is 1. The largest absolute Gasteiger partial charge is 0.322 e. The van der Waals surface area contributed by atoms with Crippen molar-refractivity contribution in [2.24, 2.45) is 0 Å². The molecule has 1 N–H and O–H groups in total. The van der Waals surface area contributed by atoms with Crippen molar-refractivity contribution < 1.29 is 9.72 Å². The Balaban J connectivity index is 2.19. The molecule has 0 fully saturated rings. The second-order valence-electron chi connectivity index (χ2n) is 4.22. The Kier molecular flexibility index (Phi) is 4.14. The van der Waals surface area contributed by atoms with E-state index < -0.39 is 4.92 Å². The Morgan fingerprint density at radius 2 is 1.85 bits per heavy atom. The number of anilines is 1. The van der Waals surface area contributed by atoms with Crippen LogP contribution in [0.2, 0.25) is 0 Å². The summed E-state index contributed by atoms with van der Waals surface area (Å²) in [6, 6.07) is 11.1. The van der Waals surface area contributed by atoms with E-state index in [0.717, 1.165) is 10.0 Å². The summed E-state index contributed by atoms with van der Waals surface area (Å²) in [5, 5.41) is 13.3. The summed E-state index contributed by atoms with van der Waals surface area (Å²) >= 11 is 3.34. The van der Waals surface area contributed by atoms with Crippen molar-refractivity contribution in [2.45, 2.75) is 6.92 Å². The summed E-state index contributed by atoms with van der Waals surface area (Å²) in [4.78, 5) is 22.1. The number of halogens is 1. The van der Waals surface area contributed by atoms with Crippen LogP contribution >= 0.6 is 15.9 Å². The van der Waals surface area contributed by atoms with Crippen LogP contribution in [0.3, 0.4) is 0 Å². The molecule has 0 radical (unpaired) electrons. The number of carbonyl (C=O) groups excluding carboxylic acids is 1. The van der Waals surface area contributed by atoms with Crippen LogP contribution in [0.15, 0.2) is 46.9 Å². The topological polar surface area (TPSA) is 72.2 Å². The highest BCUT2D eigenvalue weighted by Crippen LogP contribution is 2.21. The van der Waals surface area contributed by atoms with Crippen LogP contribution in [0, 0.1) is 17.0 Å². The minimum atomic E-state index is -0.500. The van der Waals surface area contributed by atoms with Crippen LogP contribution in [0.25, 0.3) is 0 Å². The highest BCUT2D eigenvalue weighted by atomic mass is 79.9. The molecule has 5 nitrogen and oxygen atoms in total. The summed E-state index contributed by atoms with van der Waals surface area (Å²) in [5.41, 5.74) is 1.96. The van der Waals surface area contributed by atoms with Crippen molar-refractivity contribution in [3.63, 3.8) is 0 Å². The lowest BCUT2D eigenvalue weighted by Gasteiger charge is -2.08. The number of nitrogens with zero attached hydrogens (tertiary/aromatic N) is 1. The van der Waals surface area contributed by atoms with E-state index in [-0.39, 0.29) is 11.6 Å². The molecule has 0 heterocycles. The van der Waals surface area contributed by atoms with Crippen molar-refractivity contribution in [3.8, 4) is 0 Å². The van der Waals surface area contributed by atoms with E-state index >= 15 is 0 Å². The summed E-state index contributed by atoms with van der Waals surface area (Å²) in [5.74, 6) is -0.305. The van der Waals surface area contributed by atoms with Gasteiger partial charge in [-0.05, 0) is 36.8 Å². The molecule has 0 saturated carbocycles. The number of aryl methyl sites for hydroxylation is 1. The molecule has 0 unspecified atom stereocenters. The van der Waals surface area contributed by atoms with Crippen LogP contribution in [-0.4, -0.2) is 10.8 Å². The van der Waals surface area contributed by atoms with Gasteiger partial charge in [-0.25, -0.2) is 0 Å². The molecule has 0 aliphatic rings. The number of hydrogen-bond donors (Lipinski definition) is 1. The summed E-state index contributed by atoms with van der Waals surface area (Å²) < 4.78 is 0.863. The molecule has 6 heteroatoms. The van der Waals surface area contributed by atoms with Crippen molar-refractivity contribution in [1.29, 1.82) is 0 Å². The molecule has 0 aromatic heterocycles. The predicted octanol–water partition coefficient (Wildman–Crippen LogP) is 3.92. The molecule has 0 aliphatic carbocycles. The van der Waals surface area contributed by atoms with Crippen LogP contribution in [0.5, 0.6) is 0 Å². The lowest BCUT2D eigenvalue weighted by atomic mass is 10.1. The second kappa shape index (κ2) is 5.83. The molecule has 2 rings (SSSR count). The quantitative estimate of drug-likeness (QED) is 0.683. The highest BCUT2D eigenvalue weighted by Gasteiger charge is 2.10. The van der Waals surface area contributed by atoms with Gasteiger partial charge in [0.15, 0.2) is 0 Å². The van der Waals surface area contributed by atoms with E-state index in [4.69, 9.17) is 0 Å². The Labute approximate surface area is 123 Å². The van der Waals surface area contributed by atoms with E-state index in [1.54, 1.807) is 6.07 Å². The van der Waals surface area contributed by atoms with Gasteiger partial charge in [-0.15, -0.1) is 0 Å². The van der Waals surface area contributed by atoms with Crippen molar-refractivity contribution in [3.05, 3.63) is 68.2 Å². The zero-order chi connectivity index (χ0) is 14.7. The molecule has 1 amide bonds. The van der Waals surface area contributed by atoms with Gasteiger partial charge in [0.1, 0.15) is 0 Å². The zero-order valence-electron chi connectivity index (χ0n) is 10.6. The molecular weight excluding hydrogens is 324 g/mol. The molecule has 102 valence electrons. The fraction of sp³-hybridized carbons (Fsp3) is 0.0714. The van der Waals surface area contributed by atoms with Gasteiger partial charge in [0.2, 0.25) is 0 Å². The SMILES string of the molecule is Cc1ccc(Br)cc1NC(=O)c1ccc([N+](=O)[O-])cc1. The van der Waals surface area contributed by atoms with Gasteiger partial charge in [0, 0.05) is 27.9 Å². The van der Waals surface area contributed by atoms with E-state index in [9.17, 15) is 14.9 Å². The van der Waals surface area contributed by atoms with Gasteiger partial charge in [-0.2, -0.15) is 0 Å². The van der Waals surface area contributed by atoms with Crippen LogP contribution in [0.1, 0.15) is 15.9 Å². The first-order chi connectivity index (χ1) is 9.47. The predicted molar refractivity (Wildman–Crippen MR) is 79.9 cm³/mol. The number of carbonyl (C=O) groups is 1. The van der Waals surface area contributed by atoms with Gasteiger partial charge in [-0.1, -0.05) is 22.0 Å². The maximum Gasteiger partial charge on any atom is 0.269 e. The molecule has 2 aromatic rings. The minimum Gasteiger partial charge on any atom is -0.322 e. The first-order valence-corrected chi connectivity index (χ1v) is 6.58. The van der Waals surface area contributed by atoms with Crippen molar-refractivity contribution >= 4 is 33.2 Å². The maximum absolute atomic E-state index is 12.1. The van der Waals surface area contributed by atoms with Crippen molar-refractivity contribution in [1.82, 2.24) is 0 Å². The number of benzene rings is 2. The molecule has 2 aromatic carbocycles. The van der Waals surface area contributed by atoms with Gasteiger partial charge >= 0.3 is 0 Å². The molecule has 20 heavy (non-hydrogen) atoms. The fourth-order valence-electron chi connectivity index (χ4n) is 1.66. The number of nitro benzene ring substituents is 1. The smallest absolute Gasteiger partial charge is 0.269 e. The van der Waals surface area contributed by atoms with Crippen LogP contribution < -0.4 is 5.32 Å². The van der Waals surface area contributed by atoms with Gasteiger partial charge in [0.25, 0.3) is 11.6 Å². The minimum absolute atomic E-state index is 0.0415. The van der Waals surface area contributed by atoms with Crippen LogP contribution in [-0.2, 0) is 0 Å². The summed E-state index contributed by atoms with van der Waals surface area (Å²) in [6.45, 7) is 1.89. The number of amides is 1. The van der Waals surface area contributed by atoms with Gasteiger partial charge < -0.3 is 5.32 Å². The molecular formula is C14H11BrN2O3. The van der Waals surface area contributed by atoms with Gasteiger partial charge in [-0.3, -0.25) is 14.9 Å². The first kappa shape index (κ1) is 14.2. The molecule has 0 aliphatic heterocycles. The number of nitrogens with one attached hydrogen (secondary N) is 1. The van der Waals surface area contributed by atoms with E-state index in [1.165, 1.54) is 24.3 Å². The Morgan fingerprint density at radius 1 is 1.20 bits per heavy atom. The fourth-order valence-corrected chi connectivity index (χ4v) is 2.02. The lowest BCUT2D eigenvalue weighted by Crippen LogP contribution is -2.12. The molecule has 0 spiro atoms. The number of non-ortho nitro benzene ring substituents is 1. The lowest BCUT2D eigenvalue weighted by molar-refractivity contribution is -0.384. The number of hydrogen-bond acceptors (Lipinski definition) is 3. The second-order valence-corrected chi connectivity index (χ2v) is 5.13. The maximum atomic E-state index is 12.1. The standard InChI is InChI=1S/C14H11BrN2O3/c1-9-2-5-11(15)8-13(9)16-14(18)10-3-6-12(7-4-10)17(19)20/h2-8H,1H3,(H,16,18). The average molecular weight is 335 g/mol. The van der Waals surface area contributed by atoms with E-state index in [2.05, 4.69) is 21.2 Å². The highest BCUT2D eigenvalue weighted by molar-refractivity contribution is 9.10. The van der Waals surface area contributed by atoms with Crippen molar-refractivity contribution in [2.75, 3.05) is 5.32 Å². The molecule has 0 bridgehead atoms. The average Bonchev–Trinajstić information content (AvgIpc) is 2.43. The summed E-state index contributed by atoms with van der Waals surface area (Å²) in [6.07, 6.45) is 0. The van der Waals surface area contributed by atoms with Crippen LogP contribution in [0.4, 0.5) is 11.4 Å². The van der Waals surface area contributed by atoms with E-state index in [0.29, 0.717) is 11.3 Å². The third-order valence-corrected chi connectivity index (χ3v) is 3.28. The third kappa shape index (κ3) is 3.21. The molecule has 0 atom stereocenters. The first-order valence-electron chi connectivity index (χ1n) is 5.79. The zero-order valence-corrected chi connectivity index (χ0v) is 12.2. The third-order valence-electron chi connectivity index (χ3n) is 2.79. The Bertz CT molecular complexity index is 669. The Hall–Kier alpha value is -2.21. The number of rotatable bonds is 3. The summed E-state index contributed by atoms with van der Waals surface area (Å²) in [7, 11) is 0. The van der Waals surface area contributed by atoms with Gasteiger partial charge in [0.05, 0.1) is 4.92 Å². The monoisotopic (exact) mass is 334 g/mol. The Morgan fingerprint density at radius 3 is 2.45 bits per heavy atom. The molecule has 0 saturated heterocycles. The normalized spacial score (nSPS) is 10.1. The van der Waals surface area contributed by atoms with E-state index in [1.807, 2.05) is 19.1 Å².